The van der Waals surface area contributed by atoms with Crippen molar-refractivity contribution in [2.24, 2.45) is 0 Å². The van der Waals surface area contributed by atoms with Gasteiger partial charge < -0.3 is 24.3 Å². The molecule has 1 unspecified atom stereocenters. The smallest absolute Gasteiger partial charge is 0.408 e. The Morgan fingerprint density at radius 3 is 2.46 bits per heavy atom. The van der Waals surface area contributed by atoms with E-state index in [1.165, 1.54) is 18.2 Å². The number of rotatable bonds is 11. The lowest BCUT2D eigenvalue weighted by atomic mass is 10.1. The minimum Gasteiger partial charge on any atom is -0.491 e. The van der Waals surface area contributed by atoms with E-state index in [0.717, 1.165) is 5.56 Å². The van der Waals surface area contributed by atoms with Gasteiger partial charge in [0, 0.05) is 11.6 Å². The third-order valence-corrected chi connectivity index (χ3v) is 4.64. The van der Waals surface area contributed by atoms with Crippen molar-refractivity contribution in [2.75, 3.05) is 13.2 Å². The van der Waals surface area contributed by atoms with Gasteiger partial charge in [-0.25, -0.2) is 9.59 Å². The maximum Gasteiger partial charge on any atom is 0.408 e. The second kappa shape index (κ2) is 14.3. The van der Waals surface area contributed by atoms with Gasteiger partial charge in [-0.05, 0) is 57.5 Å². The zero-order chi connectivity index (χ0) is 27.3. The number of hydrogen-bond donors (Lipinski definition) is 1. The fourth-order valence-electron chi connectivity index (χ4n) is 3.03. The van der Waals surface area contributed by atoms with Gasteiger partial charge in [-0.2, -0.15) is 5.26 Å². The average Bonchev–Trinajstić information content (AvgIpc) is 2.84. The first-order valence-corrected chi connectivity index (χ1v) is 11.8. The highest BCUT2D eigenvalue weighted by molar-refractivity contribution is 5.87. The molecule has 0 aliphatic rings. The van der Waals surface area contributed by atoms with Gasteiger partial charge in [-0.15, -0.1) is 0 Å². The van der Waals surface area contributed by atoms with Gasteiger partial charge >= 0.3 is 18.0 Å². The summed E-state index contributed by atoms with van der Waals surface area (Å²) in [6.45, 7) is 7.07. The number of hydrogen-bond acceptors (Lipinski definition) is 8. The van der Waals surface area contributed by atoms with Crippen molar-refractivity contribution in [3.8, 4) is 11.8 Å². The summed E-state index contributed by atoms with van der Waals surface area (Å²) in [5.41, 5.74) is 0.933. The van der Waals surface area contributed by atoms with Crippen LogP contribution in [-0.2, 0) is 30.4 Å². The number of nitriles is 1. The van der Waals surface area contributed by atoms with Crippen LogP contribution in [0.15, 0.2) is 54.6 Å². The van der Waals surface area contributed by atoms with Crippen LogP contribution in [0.25, 0.3) is 6.08 Å². The van der Waals surface area contributed by atoms with E-state index in [4.69, 9.17) is 18.9 Å². The zero-order valence-corrected chi connectivity index (χ0v) is 21.5. The van der Waals surface area contributed by atoms with Crippen LogP contribution in [0, 0.1) is 11.3 Å². The first-order valence-electron chi connectivity index (χ1n) is 11.8. The number of ether oxygens (including phenoxy) is 4. The van der Waals surface area contributed by atoms with E-state index >= 15 is 0 Å². The van der Waals surface area contributed by atoms with Gasteiger partial charge in [-0.3, -0.25) is 4.79 Å². The minimum atomic E-state index is -0.800. The minimum absolute atomic E-state index is 0.0900. The molecule has 9 heteroatoms. The Hall–Kier alpha value is -4.32. The molecule has 1 N–H and O–H groups in total. The van der Waals surface area contributed by atoms with Crippen LogP contribution in [-0.4, -0.2) is 42.9 Å². The molecular weight excluding hydrogens is 476 g/mol. The molecule has 1 amide bonds. The summed E-state index contributed by atoms with van der Waals surface area (Å²) in [4.78, 5) is 36.7. The predicted octanol–water partition coefficient (Wildman–Crippen LogP) is 4.54. The average molecular weight is 509 g/mol. The number of nitrogens with zero attached hydrogens (tertiary/aromatic N) is 1. The molecule has 0 heterocycles. The van der Waals surface area contributed by atoms with E-state index in [-0.39, 0.29) is 32.0 Å². The second-order valence-corrected chi connectivity index (χ2v) is 8.95. The van der Waals surface area contributed by atoms with E-state index in [1.54, 1.807) is 39.8 Å². The summed E-state index contributed by atoms with van der Waals surface area (Å²) >= 11 is 0. The quantitative estimate of drug-likeness (QED) is 0.267. The molecule has 2 aromatic rings. The van der Waals surface area contributed by atoms with Crippen LogP contribution in [0.5, 0.6) is 5.75 Å². The first-order chi connectivity index (χ1) is 17.6. The summed E-state index contributed by atoms with van der Waals surface area (Å²) in [6, 6.07) is 15.1. The topological polar surface area (TPSA) is 124 Å². The number of amides is 1. The third-order valence-electron chi connectivity index (χ3n) is 4.64. The Morgan fingerprint density at radius 1 is 1.08 bits per heavy atom. The van der Waals surface area contributed by atoms with Crippen LogP contribution in [0.3, 0.4) is 0 Å². The van der Waals surface area contributed by atoms with Gasteiger partial charge in [0.1, 0.15) is 24.6 Å². The Kier molecular flexibility index (Phi) is 11.2. The molecule has 37 heavy (non-hydrogen) atoms. The Bertz CT molecular complexity index is 1130. The van der Waals surface area contributed by atoms with Crippen LogP contribution < -0.4 is 10.1 Å². The number of carbonyl (C=O) groups is 3. The Labute approximate surface area is 217 Å². The number of benzene rings is 2. The number of esters is 2. The maximum atomic E-state index is 12.5. The molecule has 0 saturated heterocycles. The number of carbonyl (C=O) groups excluding carboxylic acids is 3. The Morgan fingerprint density at radius 2 is 1.81 bits per heavy atom. The molecule has 2 rings (SSSR count). The maximum absolute atomic E-state index is 12.5. The van der Waals surface area contributed by atoms with E-state index in [1.807, 2.05) is 36.4 Å². The SMILES string of the molecule is CCOC(=O)/C=C/c1ccc(C#N)cc1OCC(CC(=O)OCc1ccccc1)NC(=O)OC(C)(C)C. The van der Waals surface area contributed by atoms with Crippen molar-refractivity contribution in [3.05, 3.63) is 71.3 Å². The molecule has 0 aromatic heterocycles. The zero-order valence-electron chi connectivity index (χ0n) is 21.5. The molecule has 0 radical (unpaired) electrons. The lowest BCUT2D eigenvalue weighted by molar-refractivity contribution is -0.145. The van der Waals surface area contributed by atoms with Gasteiger partial charge in [0.25, 0.3) is 0 Å². The summed E-state index contributed by atoms with van der Waals surface area (Å²) < 4.78 is 21.5. The molecule has 0 spiro atoms. The summed E-state index contributed by atoms with van der Waals surface area (Å²) in [5.74, 6) is -0.779. The van der Waals surface area contributed by atoms with E-state index in [0.29, 0.717) is 11.1 Å². The van der Waals surface area contributed by atoms with E-state index in [9.17, 15) is 19.6 Å². The third kappa shape index (κ3) is 11.3. The summed E-state index contributed by atoms with van der Waals surface area (Å²) in [6.07, 6.45) is 1.84. The first kappa shape index (κ1) is 28.9. The van der Waals surface area contributed by atoms with Crippen LogP contribution in [0.4, 0.5) is 4.79 Å². The van der Waals surface area contributed by atoms with Gasteiger partial charge in [0.05, 0.1) is 30.7 Å². The number of alkyl carbamates (subject to hydrolysis) is 1. The normalized spacial score (nSPS) is 11.8. The summed E-state index contributed by atoms with van der Waals surface area (Å²) in [7, 11) is 0. The van der Waals surface area contributed by atoms with Crippen molar-refractivity contribution in [3.63, 3.8) is 0 Å². The van der Waals surface area contributed by atoms with Crippen molar-refractivity contribution >= 4 is 24.1 Å². The molecule has 0 saturated carbocycles. The Balaban J connectivity index is 2.15. The second-order valence-electron chi connectivity index (χ2n) is 8.95. The summed E-state index contributed by atoms with van der Waals surface area (Å²) in [5, 5.41) is 11.9. The van der Waals surface area contributed by atoms with Crippen molar-refractivity contribution in [2.45, 2.75) is 52.4 Å². The van der Waals surface area contributed by atoms with Gasteiger partial charge in [0.15, 0.2) is 0 Å². The van der Waals surface area contributed by atoms with E-state index in [2.05, 4.69) is 5.32 Å². The fraction of sp³-hybridized carbons (Fsp3) is 0.357. The molecule has 2 aromatic carbocycles. The molecule has 1 atom stereocenters. The molecule has 196 valence electrons. The molecule has 0 aliphatic carbocycles. The molecule has 0 bridgehead atoms. The van der Waals surface area contributed by atoms with Gasteiger partial charge in [-0.1, -0.05) is 30.3 Å². The van der Waals surface area contributed by atoms with Gasteiger partial charge in [0.2, 0.25) is 0 Å². The largest absolute Gasteiger partial charge is 0.491 e. The lowest BCUT2D eigenvalue weighted by Crippen LogP contribution is -2.43. The highest BCUT2D eigenvalue weighted by atomic mass is 16.6. The standard InChI is InChI=1S/C28H32N2O7/c1-5-34-25(31)14-13-22-12-11-21(17-29)15-24(22)35-19-23(30-27(33)37-28(2,3)4)16-26(32)36-18-20-9-7-6-8-10-20/h6-15,23H,5,16,18-19H2,1-4H3,(H,30,33)/b14-13+. The highest BCUT2D eigenvalue weighted by Crippen LogP contribution is 2.23. The highest BCUT2D eigenvalue weighted by Gasteiger charge is 2.23. The predicted molar refractivity (Wildman–Crippen MR) is 136 cm³/mol. The van der Waals surface area contributed by atoms with Crippen LogP contribution >= 0.6 is 0 Å². The van der Waals surface area contributed by atoms with E-state index < -0.39 is 29.7 Å². The van der Waals surface area contributed by atoms with Crippen LogP contribution in [0.1, 0.15) is 50.8 Å². The van der Waals surface area contributed by atoms with Crippen LogP contribution in [0.2, 0.25) is 0 Å². The van der Waals surface area contributed by atoms with Crippen molar-refractivity contribution < 1.29 is 33.3 Å². The molecule has 0 aliphatic heterocycles. The monoisotopic (exact) mass is 508 g/mol. The van der Waals surface area contributed by atoms with Crippen molar-refractivity contribution in [1.82, 2.24) is 5.32 Å². The van der Waals surface area contributed by atoms with Crippen molar-refractivity contribution in [1.29, 1.82) is 5.26 Å². The number of nitrogens with one attached hydrogen (secondary N) is 1. The molecule has 0 fully saturated rings. The lowest BCUT2D eigenvalue weighted by Gasteiger charge is -2.23. The fourth-order valence-corrected chi connectivity index (χ4v) is 3.03. The molecule has 9 nitrogen and oxygen atoms in total. The molecular formula is C28H32N2O7.